The number of pyridine rings is 1. The number of imide groups is 1. The predicted octanol–water partition coefficient (Wildman–Crippen LogP) is 4.79. The maximum atomic E-state index is 12.9. The highest BCUT2D eigenvalue weighted by atomic mass is 16.6. The van der Waals surface area contributed by atoms with E-state index in [4.69, 9.17) is 24.3 Å². The van der Waals surface area contributed by atoms with Crippen LogP contribution in [-0.4, -0.2) is 86.4 Å². The van der Waals surface area contributed by atoms with Crippen molar-refractivity contribution in [3.05, 3.63) is 77.5 Å². The van der Waals surface area contributed by atoms with Gasteiger partial charge in [0.2, 0.25) is 5.88 Å². The van der Waals surface area contributed by atoms with E-state index in [1.807, 2.05) is 42.1 Å². The first-order chi connectivity index (χ1) is 22.4. The molecule has 0 radical (unpaired) electrons. The molecule has 0 aliphatic carbocycles. The molecular weight excluding hydrogens is 602 g/mol. The average Bonchev–Trinajstić information content (AvgIpc) is 3.68. The summed E-state index contributed by atoms with van der Waals surface area (Å²) in [5.74, 6) is -0.731. The number of carbonyl (C=O) groups excluding carboxylic acids is 4. The Kier molecular flexibility index (Phi) is 8.43. The molecule has 12 nitrogen and oxygen atoms in total. The molecule has 3 amide bonds. The van der Waals surface area contributed by atoms with Crippen molar-refractivity contribution >= 4 is 34.8 Å². The molecule has 47 heavy (non-hydrogen) atoms. The highest BCUT2D eigenvalue weighted by molar-refractivity contribution is 6.21. The summed E-state index contributed by atoms with van der Waals surface area (Å²) in [6, 6.07) is 17.3. The Morgan fingerprint density at radius 1 is 0.936 bits per heavy atom. The Balaban J connectivity index is 1.20. The van der Waals surface area contributed by atoms with E-state index in [0.29, 0.717) is 35.5 Å². The maximum Gasteiger partial charge on any atom is 0.411 e. The van der Waals surface area contributed by atoms with Crippen LogP contribution in [0.25, 0.3) is 22.2 Å². The first-order valence-electron chi connectivity index (χ1n) is 15.6. The molecule has 0 bridgehead atoms. The lowest BCUT2D eigenvalue weighted by molar-refractivity contribution is -0.145. The van der Waals surface area contributed by atoms with Gasteiger partial charge in [-0.25, -0.2) is 14.6 Å². The number of hydrogen-bond donors (Lipinski definition) is 0. The molecule has 12 heteroatoms. The topological polar surface area (TPSA) is 133 Å². The number of methoxy groups -OCH3 is 1. The molecule has 2 aromatic carbocycles. The summed E-state index contributed by atoms with van der Waals surface area (Å²) >= 11 is 0. The van der Waals surface area contributed by atoms with Gasteiger partial charge in [-0.3, -0.25) is 24.1 Å². The van der Waals surface area contributed by atoms with E-state index in [1.54, 1.807) is 51.1 Å². The number of aryl methyl sites for hydroxylation is 2. The molecule has 244 valence electrons. The number of aromatic nitrogens is 3. The average molecular weight is 640 g/mol. The van der Waals surface area contributed by atoms with Gasteiger partial charge in [0, 0.05) is 42.7 Å². The first kappa shape index (κ1) is 31.7. The van der Waals surface area contributed by atoms with Crippen LogP contribution in [-0.2, 0) is 27.7 Å². The van der Waals surface area contributed by atoms with Crippen molar-refractivity contribution < 1.29 is 33.4 Å². The van der Waals surface area contributed by atoms with E-state index in [0.717, 1.165) is 22.2 Å². The number of amides is 3. The number of carbonyl (C=O) groups is 4. The number of fused-ring (bicyclic) bond motifs is 2. The molecule has 2 atom stereocenters. The van der Waals surface area contributed by atoms with Crippen LogP contribution in [0.3, 0.4) is 0 Å². The van der Waals surface area contributed by atoms with Gasteiger partial charge in [0.15, 0.2) is 0 Å². The zero-order valence-electron chi connectivity index (χ0n) is 27.1. The zero-order valence-corrected chi connectivity index (χ0v) is 27.1. The summed E-state index contributed by atoms with van der Waals surface area (Å²) < 4.78 is 18.5. The third kappa shape index (κ3) is 6.27. The van der Waals surface area contributed by atoms with Gasteiger partial charge in [-0.1, -0.05) is 30.3 Å². The van der Waals surface area contributed by atoms with Gasteiger partial charge in [-0.2, -0.15) is 5.10 Å². The Morgan fingerprint density at radius 3 is 2.30 bits per heavy atom. The van der Waals surface area contributed by atoms with Gasteiger partial charge in [0.25, 0.3) is 11.8 Å². The molecule has 0 N–H and O–H groups in total. The first-order valence-corrected chi connectivity index (χ1v) is 15.6. The zero-order chi connectivity index (χ0) is 33.5. The van der Waals surface area contributed by atoms with E-state index in [1.165, 1.54) is 16.9 Å². The second-order valence-electron chi connectivity index (χ2n) is 12.7. The minimum atomic E-state index is -0.838. The second kappa shape index (κ2) is 12.5. The molecule has 2 aliphatic heterocycles. The molecule has 6 rings (SSSR count). The van der Waals surface area contributed by atoms with Crippen LogP contribution in [0.4, 0.5) is 4.79 Å². The summed E-state index contributed by atoms with van der Waals surface area (Å²) in [6.45, 7) is 5.72. The molecule has 2 aliphatic rings. The van der Waals surface area contributed by atoms with Crippen molar-refractivity contribution in [1.82, 2.24) is 24.6 Å². The summed E-state index contributed by atoms with van der Waals surface area (Å²) in [4.78, 5) is 58.6. The van der Waals surface area contributed by atoms with E-state index in [9.17, 15) is 19.2 Å². The van der Waals surface area contributed by atoms with Crippen LogP contribution in [0, 0.1) is 0 Å². The van der Waals surface area contributed by atoms with Crippen LogP contribution in [0.15, 0.2) is 60.7 Å². The molecule has 0 saturated carbocycles. The molecule has 1 saturated heterocycles. The van der Waals surface area contributed by atoms with Crippen molar-refractivity contribution in [2.45, 2.75) is 57.8 Å². The van der Waals surface area contributed by atoms with Gasteiger partial charge >= 0.3 is 12.1 Å². The van der Waals surface area contributed by atoms with Crippen LogP contribution in [0.1, 0.15) is 60.0 Å². The standard InChI is InChI=1S/C35H37N5O7/c1-35(2,3)47-34(44)40-20-21(19-28(40)33(43)45-5)46-29-17-9-14-25(36-29)24-13-8-15-26-30(24)27(38(4)37-26)16-10-18-39-31(41)22-11-6-7-12-23(22)32(39)42/h6-9,11-15,17,21,28H,10,16,18-20H2,1-5H3/t21-,28-/m0/s1. The fraction of sp³-hybridized carbons (Fsp3) is 0.371. The lowest BCUT2D eigenvalue weighted by Crippen LogP contribution is -2.44. The maximum absolute atomic E-state index is 12.9. The Bertz CT molecular complexity index is 1840. The van der Waals surface area contributed by atoms with Gasteiger partial charge in [-0.15, -0.1) is 0 Å². The summed E-state index contributed by atoms with van der Waals surface area (Å²) in [5.41, 5.74) is 3.40. The predicted molar refractivity (Wildman–Crippen MR) is 172 cm³/mol. The third-order valence-electron chi connectivity index (χ3n) is 8.30. The monoisotopic (exact) mass is 639 g/mol. The lowest BCUT2D eigenvalue weighted by atomic mass is 10.0. The molecule has 0 spiro atoms. The molecule has 0 unspecified atom stereocenters. The normalized spacial score (nSPS) is 17.7. The molecule has 1 fully saturated rings. The molecular formula is C35H37N5O7. The Hall–Kier alpha value is -5.26. The van der Waals surface area contributed by atoms with Crippen molar-refractivity contribution in [2.24, 2.45) is 7.05 Å². The molecule has 4 aromatic rings. The smallest absolute Gasteiger partial charge is 0.411 e. The Labute approximate surface area is 272 Å². The number of rotatable bonds is 8. The van der Waals surface area contributed by atoms with Crippen LogP contribution >= 0.6 is 0 Å². The number of benzene rings is 2. The largest absolute Gasteiger partial charge is 0.472 e. The highest BCUT2D eigenvalue weighted by Crippen LogP contribution is 2.33. The molecule has 2 aromatic heterocycles. The number of nitrogens with zero attached hydrogens (tertiary/aromatic N) is 5. The SMILES string of the molecule is COC(=O)[C@@H]1C[C@H](Oc2cccc(-c3cccc4nn(C)c(CCCN5C(=O)c6ccccc6C5=O)c34)n2)CN1C(=O)OC(C)(C)C. The van der Waals surface area contributed by atoms with Gasteiger partial charge in [-0.05, 0) is 57.9 Å². The number of likely N-dealkylation sites (tertiary alicyclic amines) is 1. The number of hydrogen-bond acceptors (Lipinski definition) is 9. The van der Waals surface area contributed by atoms with Gasteiger partial charge < -0.3 is 14.2 Å². The summed E-state index contributed by atoms with van der Waals surface area (Å²) in [5, 5.41) is 5.64. The fourth-order valence-electron chi connectivity index (χ4n) is 6.22. The highest BCUT2D eigenvalue weighted by Gasteiger charge is 2.43. The van der Waals surface area contributed by atoms with Crippen molar-refractivity contribution in [3.8, 4) is 17.1 Å². The second-order valence-corrected chi connectivity index (χ2v) is 12.7. The van der Waals surface area contributed by atoms with E-state index in [-0.39, 0.29) is 31.3 Å². The minimum absolute atomic E-state index is 0.135. The number of ether oxygens (including phenoxy) is 3. The number of esters is 1. The molecule has 4 heterocycles. The van der Waals surface area contributed by atoms with E-state index >= 15 is 0 Å². The van der Waals surface area contributed by atoms with Gasteiger partial charge in [0.1, 0.15) is 17.7 Å². The Morgan fingerprint density at radius 2 is 1.62 bits per heavy atom. The lowest BCUT2D eigenvalue weighted by Gasteiger charge is -2.27. The van der Waals surface area contributed by atoms with E-state index in [2.05, 4.69) is 0 Å². The van der Waals surface area contributed by atoms with Crippen molar-refractivity contribution in [2.75, 3.05) is 20.2 Å². The van der Waals surface area contributed by atoms with Crippen molar-refractivity contribution in [3.63, 3.8) is 0 Å². The van der Waals surface area contributed by atoms with Crippen LogP contribution in [0.2, 0.25) is 0 Å². The summed E-state index contributed by atoms with van der Waals surface area (Å²) in [6.07, 6.45) is 0.237. The summed E-state index contributed by atoms with van der Waals surface area (Å²) in [7, 11) is 3.16. The van der Waals surface area contributed by atoms with Gasteiger partial charge in [0.05, 0.1) is 36.0 Å². The fourth-order valence-corrected chi connectivity index (χ4v) is 6.22. The van der Waals surface area contributed by atoms with E-state index < -0.39 is 29.8 Å². The van der Waals surface area contributed by atoms with Crippen LogP contribution < -0.4 is 4.74 Å². The minimum Gasteiger partial charge on any atom is -0.472 e. The third-order valence-corrected chi connectivity index (χ3v) is 8.30. The van der Waals surface area contributed by atoms with Crippen LogP contribution in [0.5, 0.6) is 5.88 Å². The quantitative estimate of drug-likeness (QED) is 0.197. The van der Waals surface area contributed by atoms with Crippen molar-refractivity contribution in [1.29, 1.82) is 0 Å².